The Morgan fingerprint density at radius 1 is 1.08 bits per heavy atom. The van der Waals surface area contributed by atoms with E-state index >= 15 is 0 Å². The molecule has 0 aliphatic carbocycles. The second-order valence-electron chi connectivity index (χ2n) is 8.35. The highest BCUT2D eigenvalue weighted by molar-refractivity contribution is 7.93. The highest BCUT2D eigenvalue weighted by Gasteiger charge is 2.30. The van der Waals surface area contributed by atoms with Gasteiger partial charge >= 0.3 is 5.97 Å². The average Bonchev–Trinajstić information content (AvgIpc) is 3.40. The number of esters is 1. The summed E-state index contributed by atoms with van der Waals surface area (Å²) < 4.78 is 45.5. The molecule has 1 fully saturated rings. The number of fused-ring (bicyclic) bond motifs is 1. The van der Waals surface area contributed by atoms with Crippen LogP contribution in [0.1, 0.15) is 5.56 Å². The number of benzene rings is 1. The molecule has 1 aromatic carbocycles. The number of methoxy groups -OCH3 is 2. The first-order valence-corrected chi connectivity index (χ1v) is 14.1. The van der Waals surface area contributed by atoms with Crippen LogP contribution in [0.3, 0.4) is 0 Å². The van der Waals surface area contributed by atoms with Crippen LogP contribution in [0.4, 0.5) is 16.5 Å². The molecule has 1 saturated heterocycles. The molecule has 5 rings (SSSR count). The molecule has 13 heteroatoms. The Morgan fingerprint density at radius 3 is 2.51 bits per heavy atom. The van der Waals surface area contributed by atoms with Crippen molar-refractivity contribution in [3.05, 3.63) is 66.6 Å². The van der Waals surface area contributed by atoms with Crippen molar-refractivity contribution < 1.29 is 27.4 Å². The Labute approximate surface area is 229 Å². The largest absolute Gasteiger partial charge is 0.481 e. The van der Waals surface area contributed by atoms with E-state index in [2.05, 4.69) is 24.6 Å². The van der Waals surface area contributed by atoms with E-state index in [1.807, 2.05) is 0 Å². The lowest BCUT2D eigenvalue weighted by Crippen LogP contribution is -2.36. The van der Waals surface area contributed by atoms with Crippen molar-refractivity contribution in [3.8, 4) is 5.88 Å². The number of pyridine rings is 1. The van der Waals surface area contributed by atoms with Gasteiger partial charge in [-0.15, -0.1) is 11.3 Å². The molecule has 0 spiro atoms. The molecule has 11 nitrogen and oxygen atoms in total. The van der Waals surface area contributed by atoms with E-state index in [-0.39, 0.29) is 4.90 Å². The van der Waals surface area contributed by atoms with Crippen LogP contribution in [0.15, 0.2) is 66.0 Å². The van der Waals surface area contributed by atoms with Gasteiger partial charge in [-0.05, 0) is 29.8 Å². The Bertz CT molecular complexity index is 1600. The third-order valence-corrected chi connectivity index (χ3v) is 8.96. The van der Waals surface area contributed by atoms with Crippen molar-refractivity contribution >= 4 is 60.1 Å². The molecule has 39 heavy (non-hydrogen) atoms. The second-order valence-corrected chi connectivity index (χ2v) is 11.2. The molecule has 0 atom stereocenters. The minimum absolute atomic E-state index is 0.0606. The van der Waals surface area contributed by atoms with Gasteiger partial charge in [-0.2, -0.15) is 0 Å². The number of nitrogens with zero attached hydrogens (tertiary/aromatic N) is 5. The Balaban J connectivity index is 1.59. The molecule has 0 N–H and O–H groups in total. The summed E-state index contributed by atoms with van der Waals surface area (Å²) in [5.74, 6) is 0.593. The summed E-state index contributed by atoms with van der Waals surface area (Å²) in [6, 6.07) is 11.2. The topological polar surface area (TPSA) is 124 Å². The highest BCUT2D eigenvalue weighted by atomic mass is 32.2. The molecule has 0 saturated carbocycles. The number of sulfonamides is 1. The molecule has 0 amide bonds. The summed E-state index contributed by atoms with van der Waals surface area (Å²) in [5.41, 5.74) is 1.61. The molecular weight excluding hydrogens is 542 g/mol. The summed E-state index contributed by atoms with van der Waals surface area (Å²) in [5, 5.41) is 0.432. The van der Waals surface area contributed by atoms with Crippen molar-refractivity contribution in [2.24, 2.45) is 0 Å². The zero-order valence-corrected chi connectivity index (χ0v) is 22.8. The van der Waals surface area contributed by atoms with Gasteiger partial charge in [0.25, 0.3) is 10.0 Å². The Morgan fingerprint density at radius 2 is 1.85 bits per heavy atom. The van der Waals surface area contributed by atoms with E-state index in [4.69, 9.17) is 9.47 Å². The second kappa shape index (κ2) is 11.4. The Kier molecular flexibility index (Phi) is 7.72. The number of carbonyl (C=O) groups is 1. The number of hydrogen-bond donors (Lipinski definition) is 0. The Hall–Kier alpha value is -4.07. The zero-order valence-electron chi connectivity index (χ0n) is 21.2. The van der Waals surface area contributed by atoms with Gasteiger partial charge in [-0.3, -0.25) is 0 Å². The number of ether oxygens (including phenoxy) is 3. The fourth-order valence-corrected chi connectivity index (χ4v) is 6.85. The number of hydrogen-bond acceptors (Lipinski definition) is 11. The average molecular weight is 568 g/mol. The summed E-state index contributed by atoms with van der Waals surface area (Å²) >= 11 is 1.29. The number of morpholine rings is 1. The summed E-state index contributed by atoms with van der Waals surface area (Å²) in [4.78, 5) is 26.7. The van der Waals surface area contributed by atoms with Gasteiger partial charge in [-0.25, -0.2) is 32.5 Å². The third-order valence-electron chi connectivity index (χ3n) is 5.99. The molecule has 1 aliphatic heterocycles. The first-order valence-electron chi connectivity index (χ1n) is 11.9. The molecule has 202 valence electrons. The molecule has 0 bridgehead atoms. The molecule has 0 radical (unpaired) electrons. The van der Waals surface area contributed by atoms with Crippen LogP contribution in [0, 0.1) is 0 Å². The molecule has 1 aliphatic rings. The maximum atomic E-state index is 14.1. The van der Waals surface area contributed by atoms with Crippen molar-refractivity contribution in [2.75, 3.05) is 49.7 Å². The predicted molar refractivity (Wildman–Crippen MR) is 148 cm³/mol. The van der Waals surface area contributed by atoms with Gasteiger partial charge in [0.15, 0.2) is 0 Å². The first-order chi connectivity index (χ1) is 18.9. The maximum absolute atomic E-state index is 14.1. The van der Waals surface area contributed by atoms with Gasteiger partial charge in [0.2, 0.25) is 5.88 Å². The van der Waals surface area contributed by atoms with Crippen LogP contribution in [-0.2, 0) is 24.3 Å². The van der Waals surface area contributed by atoms with Crippen LogP contribution in [0.2, 0.25) is 0 Å². The van der Waals surface area contributed by atoms with Crippen molar-refractivity contribution in [3.63, 3.8) is 0 Å². The highest BCUT2D eigenvalue weighted by Crippen LogP contribution is 2.42. The van der Waals surface area contributed by atoms with E-state index in [1.165, 1.54) is 60.6 Å². The van der Waals surface area contributed by atoms with Crippen molar-refractivity contribution in [1.29, 1.82) is 0 Å². The molecule has 3 aromatic heterocycles. The molecular formula is C26H25N5O6S2. The fourth-order valence-electron chi connectivity index (χ4n) is 4.02. The van der Waals surface area contributed by atoms with Gasteiger partial charge in [0, 0.05) is 31.3 Å². The lowest BCUT2D eigenvalue weighted by atomic mass is 10.2. The quantitative estimate of drug-likeness (QED) is 0.230. The van der Waals surface area contributed by atoms with Gasteiger partial charge in [0.05, 0.1) is 54.4 Å². The van der Waals surface area contributed by atoms with Gasteiger partial charge < -0.3 is 19.1 Å². The smallest absolute Gasteiger partial charge is 0.330 e. The standard InChI is InChI=1S/C26H25N5O6S2/c1-35-22-9-6-19(16-27-22)31(39(33,34)20-7-3-18(4-8-20)5-10-24(32)36-2)23-15-21-25(38-23)26(29-17-28-21)30-11-13-37-14-12-30/h3-10,15-17H,11-14H2,1-2H3. The zero-order chi connectivity index (χ0) is 27.4. The molecule has 4 aromatic rings. The summed E-state index contributed by atoms with van der Waals surface area (Å²) in [6.45, 7) is 2.54. The number of carbonyl (C=O) groups excluding carboxylic acids is 1. The van der Waals surface area contributed by atoms with Crippen molar-refractivity contribution in [2.45, 2.75) is 4.90 Å². The lowest BCUT2D eigenvalue weighted by Gasteiger charge is -2.27. The van der Waals surface area contributed by atoms with E-state index in [0.717, 1.165) is 10.5 Å². The minimum Gasteiger partial charge on any atom is -0.481 e. The molecule has 4 heterocycles. The fraction of sp³-hybridized carbons (Fsp3) is 0.231. The lowest BCUT2D eigenvalue weighted by molar-refractivity contribution is -0.134. The maximum Gasteiger partial charge on any atom is 0.330 e. The normalized spacial score (nSPS) is 14.1. The molecule has 0 unspecified atom stereocenters. The van der Waals surface area contributed by atoms with E-state index in [9.17, 15) is 13.2 Å². The van der Waals surface area contributed by atoms with E-state index in [0.29, 0.717) is 54.0 Å². The van der Waals surface area contributed by atoms with Gasteiger partial charge in [-0.1, -0.05) is 12.1 Å². The summed E-state index contributed by atoms with van der Waals surface area (Å²) in [6.07, 6.45) is 5.75. The SMILES string of the molecule is COC(=O)C=Cc1ccc(S(=O)(=O)N(c2ccc(OC)nc2)c2cc3ncnc(N4CCOCC4)c3s2)cc1. The first kappa shape index (κ1) is 26.5. The van der Waals surface area contributed by atoms with Crippen LogP contribution >= 0.6 is 11.3 Å². The van der Waals surface area contributed by atoms with Gasteiger partial charge in [0.1, 0.15) is 17.1 Å². The minimum atomic E-state index is -4.10. The number of aromatic nitrogens is 3. The van der Waals surface area contributed by atoms with Crippen LogP contribution in [0.25, 0.3) is 16.3 Å². The van der Waals surface area contributed by atoms with Crippen molar-refractivity contribution in [1.82, 2.24) is 15.0 Å². The number of thiophene rings is 1. The van der Waals surface area contributed by atoms with Crippen LogP contribution in [-0.4, -0.2) is 69.9 Å². The van der Waals surface area contributed by atoms with E-state index < -0.39 is 16.0 Å². The van der Waals surface area contributed by atoms with E-state index in [1.54, 1.807) is 36.4 Å². The number of rotatable bonds is 8. The van der Waals surface area contributed by atoms with Crippen LogP contribution in [0.5, 0.6) is 5.88 Å². The number of anilines is 3. The van der Waals surface area contributed by atoms with Crippen LogP contribution < -0.4 is 13.9 Å². The predicted octanol–water partition coefficient (Wildman–Crippen LogP) is 3.64. The third kappa shape index (κ3) is 5.55. The monoisotopic (exact) mass is 567 g/mol. The summed E-state index contributed by atoms with van der Waals surface area (Å²) in [7, 11) is -1.32.